The smallest absolute Gasteiger partial charge is 0.220 e. The molecule has 1 aromatic carbocycles. The van der Waals surface area contributed by atoms with Crippen LogP contribution in [0.2, 0.25) is 0 Å². The normalized spacial score (nSPS) is 22.5. The molecule has 2 aliphatic carbocycles. The van der Waals surface area contributed by atoms with Crippen molar-refractivity contribution in [1.82, 2.24) is 34.9 Å². The molecule has 0 N–H and O–H groups in total. The average molecular weight is 445 g/mol. The Labute approximate surface area is 189 Å². The molecule has 9 heteroatoms. The Balaban J connectivity index is 1.53. The minimum atomic E-state index is -0.648. The molecule has 33 heavy (non-hydrogen) atoms. The third kappa shape index (κ3) is 2.59. The van der Waals surface area contributed by atoms with E-state index in [4.69, 9.17) is 4.98 Å². The van der Waals surface area contributed by atoms with Gasteiger partial charge in [0.2, 0.25) is 0 Å². The molecule has 4 aromatic rings. The van der Waals surface area contributed by atoms with Crippen molar-refractivity contribution in [2.45, 2.75) is 44.9 Å². The number of hydrogen-bond acceptors (Lipinski definition) is 6. The van der Waals surface area contributed by atoms with Gasteiger partial charge in [0.25, 0.3) is 5.95 Å². The van der Waals surface area contributed by atoms with E-state index in [-0.39, 0.29) is 22.6 Å². The zero-order valence-electron chi connectivity index (χ0n) is 18.4. The average Bonchev–Trinajstić information content (AvgIpc) is 3.40. The predicted molar refractivity (Wildman–Crippen MR) is 116 cm³/mol. The molecule has 2 bridgehead atoms. The maximum Gasteiger partial charge on any atom is 0.252 e. The molecular formula is C24H21F2N7. The number of nitrogens with zero attached hydrogens (tertiary/aromatic N) is 7. The van der Waals surface area contributed by atoms with Crippen molar-refractivity contribution in [3.8, 4) is 17.2 Å². The number of fused-ring (bicyclic) bond motifs is 5. The molecule has 2 aliphatic rings. The fourth-order valence-electron chi connectivity index (χ4n) is 5.90. The second kappa shape index (κ2) is 6.69. The van der Waals surface area contributed by atoms with Crippen molar-refractivity contribution in [1.29, 1.82) is 0 Å². The highest BCUT2D eigenvalue weighted by atomic mass is 19.1. The van der Waals surface area contributed by atoms with Crippen LogP contribution in [0.25, 0.3) is 17.2 Å². The zero-order chi connectivity index (χ0) is 23.0. The second-order valence-electron chi connectivity index (χ2n) is 9.33. The number of hydrogen-bond donors (Lipinski definition) is 0. The molecule has 0 aliphatic heterocycles. The Morgan fingerprint density at radius 2 is 1.85 bits per heavy atom. The molecule has 1 fully saturated rings. The van der Waals surface area contributed by atoms with Crippen LogP contribution in [0, 0.1) is 24.0 Å². The van der Waals surface area contributed by atoms with Crippen molar-refractivity contribution < 1.29 is 8.78 Å². The Morgan fingerprint density at radius 3 is 2.58 bits per heavy atom. The molecule has 1 saturated carbocycles. The summed E-state index contributed by atoms with van der Waals surface area (Å²) >= 11 is 0. The van der Waals surface area contributed by atoms with E-state index in [1.807, 2.05) is 13.0 Å². The van der Waals surface area contributed by atoms with E-state index in [9.17, 15) is 8.78 Å². The van der Waals surface area contributed by atoms with Crippen LogP contribution in [0.3, 0.4) is 0 Å². The monoisotopic (exact) mass is 445 g/mol. The third-order valence-corrected chi connectivity index (χ3v) is 7.49. The molecule has 0 spiro atoms. The molecule has 0 radical (unpaired) electrons. The van der Waals surface area contributed by atoms with Crippen molar-refractivity contribution in [3.63, 3.8) is 0 Å². The van der Waals surface area contributed by atoms with Gasteiger partial charge in [0, 0.05) is 6.20 Å². The summed E-state index contributed by atoms with van der Waals surface area (Å²) in [6, 6.07) is 7.54. The molecular weight excluding hydrogens is 424 g/mol. The minimum absolute atomic E-state index is 0.145. The first-order valence-electron chi connectivity index (χ1n) is 10.9. The number of benzene rings is 1. The Hall–Kier alpha value is -3.62. The van der Waals surface area contributed by atoms with Crippen molar-refractivity contribution >= 4 is 0 Å². The minimum Gasteiger partial charge on any atom is -0.220 e. The quantitative estimate of drug-likeness (QED) is 0.468. The fourth-order valence-corrected chi connectivity index (χ4v) is 5.90. The van der Waals surface area contributed by atoms with Gasteiger partial charge in [-0.2, -0.15) is 9.78 Å². The Kier molecular flexibility index (Phi) is 4.06. The molecule has 3 heterocycles. The van der Waals surface area contributed by atoms with Gasteiger partial charge in [-0.3, -0.25) is 0 Å². The summed E-state index contributed by atoms with van der Waals surface area (Å²) in [6.07, 6.45) is 5.09. The van der Waals surface area contributed by atoms with E-state index in [0.717, 1.165) is 29.8 Å². The van der Waals surface area contributed by atoms with E-state index in [2.05, 4.69) is 39.1 Å². The second-order valence-corrected chi connectivity index (χ2v) is 9.33. The lowest BCUT2D eigenvalue weighted by Crippen LogP contribution is -2.38. The Morgan fingerprint density at radius 1 is 1.06 bits per heavy atom. The summed E-state index contributed by atoms with van der Waals surface area (Å²) in [7, 11) is 0. The highest BCUT2D eigenvalue weighted by molar-refractivity contribution is 5.64. The van der Waals surface area contributed by atoms with E-state index < -0.39 is 17.0 Å². The third-order valence-electron chi connectivity index (χ3n) is 7.49. The SMILES string of the molecule is Cc1ncn(-c2nccc([C@]34CC[C@H](c5cc(-c6c(F)cccc6F)nnc53)C4(C)C)n2)n1. The van der Waals surface area contributed by atoms with E-state index >= 15 is 0 Å². The summed E-state index contributed by atoms with van der Waals surface area (Å²) in [5.41, 5.74) is 2.00. The van der Waals surface area contributed by atoms with Crippen LogP contribution in [0.1, 0.15) is 55.4 Å². The maximum absolute atomic E-state index is 14.4. The van der Waals surface area contributed by atoms with Gasteiger partial charge in [-0.25, -0.2) is 23.7 Å². The number of aryl methyl sites for hydroxylation is 1. The van der Waals surface area contributed by atoms with Crippen LogP contribution in [0.4, 0.5) is 8.78 Å². The van der Waals surface area contributed by atoms with E-state index in [1.54, 1.807) is 23.3 Å². The van der Waals surface area contributed by atoms with Gasteiger partial charge in [-0.1, -0.05) is 19.9 Å². The maximum atomic E-state index is 14.4. The summed E-state index contributed by atoms with van der Waals surface area (Å²) in [5.74, 6) is -0.0555. The molecule has 0 amide bonds. The lowest BCUT2D eigenvalue weighted by molar-refractivity contribution is 0.242. The molecule has 6 rings (SSSR count). The van der Waals surface area contributed by atoms with Crippen LogP contribution in [0.15, 0.2) is 42.9 Å². The van der Waals surface area contributed by atoms with Gasteiger partial charge in [-0.15, -0.1) is 10.2 Å². The summed E-state index contributed by atoms with van der Waals surface area (Å²) in [6.45, 7) is 6.22. The van der Waals surface area contributed by atoms with Crippen LogP contribution in [-0.4, -0.2) is 34.9 Å². The van der Waals surface area contributed by atoms with Gasteiger partial charge in [0.15, 0.2) is 0 Å². The first-order chi connectivity index (χ1) is 15.8. The highest BCUT2D eigenvalue weighted by Crippen LogP contribution is 2.69. The summed E-state index contributed by atoms with van der Waals surface area (Å²) in [5, 5.41) is 13.2. The highest BCUT2D eigenvalue weighted by Gasteiger charge is 2.65. The molecule has 3 aromatic heterocycles. The van der Waals surface area contributed by atoms with Crippen LogP contribution < -0.4 is 0 Å². The van der Waals surface area contributed by atoms with E-state index in [1.165, 1.54) is 18.2 Å². The molecule has 7 nitrogen and oxygen atoms in total. The van der Waals surface area contributed by atoms with Gasteiger partial charge in [-0.05, 0) is 60.9 Å². The standard InChI is InChI=1S/C24H21F2N7/c1-13-28-12-33(32-13)22-27-10-8-19(29-22)24-9-7-15(23(24,2)3)14-11-18(30-31-21(14)24)20-16(25)5-4-6-17(20)26/h4-6,8,10-12,15H,7,9H2,1-3H3/t15-,24-/m1/s1. The van der Waals surface area contributed by atoms with Crippen molar-refractivity contribution in [2.75, 3.05) is 0 Å². The number of halogens is 2. The zero-order valence-corrected chi connectivity index (χ0v) is 18.4. The van der Waals surface area contributed by atoms with Crippen LogP contribution in [-0.2, 0) is 5.41 Å². The molecule has 166 valence electrons. The molecule has 2 atom stereocenters. The fraction of sp³-hybridized carbons (Fsp3) is 0.333. The first-order valence-corrected chi connectivity index (χ1v) is 10.9. The van der Waals surface area contributed by atoms with Gasteiger partial charge in [0.1, 0.15) is 23.8 Å². The topological polar surface area (TPSA) is 82.3 Å². The van der Waals surface area contributed by atoms with Gasteiger partial charge in [0.05, 0.1) is 28.1 Å². The van der Waals surface area contributed by atoms with Crippen LogP contribution in [0.5, 0.6) is 0 Å². The van der Waals surface area contributed by atoms with Gasteiger partial charge >= 0.3 is 0 Å². The predicted octanol–water partition coefficient (Wildman–Crippen LogP) is 4.30. The largest absolute Gasteiger partial charge is 0.252 e. The van der Waals surface area contributed by atoms with E-state index in [0.29, 0.717) is 11.8 Å². The Bertz CT molecular complexity index is 1390. The first kappa shape index (κ1) is 20.0. The number of aromatic nitrogens is 7. The van der Waals surface area contributed by atoms with Crippen molar-refractivity contribution in [3.05, 3.63) is 77.3 Å². The lowest BCUT2D eigenvalue weighted by atomic mass is 9.66. The number of rotatable bonds is 3. The van der Waals surface area contributed by atoms with Crippen LogP contribution >= 0.6 is 0 Å². The lowest BCUT2D eigenvalue weighted by Gasteiger charge is -2.37. The van der Waals surface area contributed by atoms with Crippen molar-refractivity contribution in [2.24, 2.45) is 5.41 Å². The summed E-state index contributed by atoms with van der Waals surface area (Å²) < 4.78 is 30.4. The molecule has 0 saturated heterocycles. The van der Waals surface area contributed by atoms with Gasteiger partial charge < -0.3 is 0 Å². The summed E-state index contributed by atoms with van der Waals surface area (Å²) in [4.78, 5) is 13.4. The molecule has 0 unspecified atom stereocenters.